The predicted octanol–water partition coefficient (Wildman–Crippen LogP) is 2.50. The van der Waals surface area contributed by atoms with Crippen LogP contribution in [0.25, 0.3) is 0 Å². The topological polar surface area (TPSA) is 63.4 Å². The third kappa shape index (κ3) is 2.76. The molecule has 1 aromatic rings. The summed E-state index contributed by atoms with van der Waals surface area (Å²) in [6, 6.07) is 3.14. The molecule has 0 spiro atoms. The number of rotatable bonds is 5. The predicted molar refractivity (Wildman–Crippen MR) is 65.8 cm³/mol. The molecule has 0 aliphatic heterocycles. The number of alkyl halides is 1. The average Bonchev–Trinajstić information content (AvgIpc) is 3.00. The molecule has 0 unspecified atom stereocenters. The Morgan fingerprint density at radius 2 is 2.29 bits per heavy atom. The van der Waals surface area contributed by atoms with Gasteiger partial charge >= 0.3 is 5.00 Å². The SMILES string of the molecule is O=C(c1ccc([N+](=O)[O-])s1)N(CCCl)C1CC1. The van der Waals surface area contributed by atoms with E-state index in [-0.39, 0.29) is 17.0 Å². The molecule has 1 saturated carbocycles. The first-order valence-corrected chi connectivity index (χ1v) is 6.59. The number of hydrogen-bond donors (Lipinski definition) is 0. The summed E-state index contributed by atoms with van der Waals surface area (Å²) in [5.74, 6) is 0.238. The molecule has 7 heteroatoms. The summed E-state index contributed by atoms with van der Waals surface area (Å²) in [5.41, 5.74) is 0. The zero-order valence-corrected chi connectivity index (χ0v) is 10.5. The molecule has 0 bridgehead atoms. The van der Waals surface area contributed by atoms with Gasteiger partial charge in [-0.25, -0.2) is 0 Å². The third-order valence-electron chi connectivity index (χ3n) is 2.56. The molecule has 1 fully saturated rings. The van der Waals surface area contributed by atoms with Crippen LogP contribution in [0, 0.1) is 10.1 Å². The summed E-state index contributed by atoms with van der Waals surface area (Å²) in [6.45, 7) is 0.497. The van der Waals surface area contributed by atoms with E-state index in [9.17, 15) is 14.9 Å². The van der Waals surface area contributed by atoms with Gasteiger partial charge in [0.25, 0.3) is 5.91 Å². The van der Waals surface area contributed by atoms with Gasteiger partial charge in [-0.3, -0.25) is 14.9 Å². The van der Waals surface area contributed by atoms with E-state index >= 15 is 0 Å². The van der Waals surface area contributed by atoms with E-state index in [4.69, 9.17) is 11.6 Å². The van der Waals surface area contributed by atoms with Crippen LogP contribution in [0.4, 0.5) is 5.00 Å². The lowest BCUT2D eigenvalue weighted by atomic mass is 10.3. The lowest BCUT2D eigenvalue weighted by molar-refractivity contribution is -0.380. The van der Waals surface area contributed by atoms with Crippen molar-refractivity contribution >= 4 is 33.8 Å². The van der Waals surface area contributed by atoms with Crippen molar-refractivity contribution in [2.75, 3.05) is 12.4 Å². The van der Waals surface area contributed by atoms with Crippen molar-refractivity contribution in [1.82, 2.24) is 4.90 Å². The molecule has 5 nitrogen and oxygen atoms in total. The molecule has 1 amide bonds. The maximum absolute atomic E-state index is 12.1. The fraction of sp³-hybridized carbons (Fsp3) is 0.500. The fourth-order valence-corrected chi connectivity index (χ4v) is 2.57. The summed E-state index contributed by atoms with van der Waals surface area (Å²) in [6.07, 6.45) is 1.99. The van der Waals surface area contributed by atoms with Crippen molar-refractivity contribution < 1.29 is 9.72 Å². The highest BCUT2D eigenvalue weighted by molar-refractivity contribution is 7.17. The van der Waals surface area contributed by atoms with Gasteiger partial charge in [0.1, 0.15) is 0 Å². The summed E-state index contributed by atoms with van der Waals surface area (Å²) in [5, 5.41) is 10.5. The lowest BCUT2D eigenvalue weighted by Crippen LogP contribution is -2.34. The van der Waals surface area contributed by atoms with Crippen molar-refractivity contribution in [2.45, 2.75) is 18.9 Å². The Kier molecular flexibility index (Phi) is 3.63. The number of amides is 1. The van der Waals surface area contributed by atoms with E-state index < -0.39 is 4.92 Å². The summed E-state index contributed by atoms with van der Waals surface area (Å²) in [7, 11) is 0. The van der Waals surface area contributed by atoms with Crippen LogP contribution in [-0.2, 0) is 0 Å². The highest BCUT2D eigenvalue weighted by Gasteiger charge is 2.33. The Balaban J connectivity index is 2.13. The number of carbonyl (C=O) groups is 1. The molecular weight excluding hydrogens is 264 g/mol. The molecule has 1 aliphatic carbocycles. The van der Waals surface area contributed by atoms with Crippen molar-refractivity contribution in [3.8, 4) is 0 Å². The van der Waals surface area contributed by atoms with Crippen LogP contribution in [0.5, 0.6) is 0 Å². The van der Waals surface area contributed by atoms with E-state index in [2.05, 4.69) is 0 Å². The zero-order valence-electron chi connectivity index (χ0n) is 8.97. The van der Waals surface area contributed by atoms with Gasteiger partial charge in [0.15, 0.2) is 0 Å². The zero-order chi connectivity index (χ0) is 12.4. The highest BCUT2D eigenvalue weighted by Crippen LogP contribution is 2.31. The number of hydrogen-bond acceptors (Lipinski definition) is 4. The van der Waals surface area contributed by atoms with Crippen LogP contribution < -0.4 is 0 Å². The van der Waals surface area contributed by atoms with E-state index in [0.717, 1.165) is 24.2 Å². The average molecular weight is 275 g/mol. The smallest absolute Gasteiger partial charge is 0.324 e. The quantitative estimate of drug-likeness (QED) is 0.471. The van der Waals surface area contributed by atoms with E-state index in [0.29, 0.717) is 17.3 Å². The van der Waals surface area contributed by atoms with Gasteiger partial charge in [-0.1, -0.05) is 11.3 Å². The van der Waals surface area contributed by atoms with Crippen LogP contribution in [0.15, 0.2) is 12.1 Å². The van der Waals surface area contributed by atoms with Gasteiger partial charge < -0.3 is 4.90 Å². The van der Waals surface area contributed by atoms with Gasteiger partial charge in [0.2, 0.25) is 0 Å². The van der Waals surface area contributed by atoms with Gasteiger partial charge in [0, 0.05) is 24.5 Å². The molecule has 0 saturated heterocycles. The lowest BCUT2D eigenvalue weighted by Gasteiger charge is -2.20. The molecule has 17 heavy (non-hydrogen) atoms. The number of carbonyl (C=O) groups excluding carboxylic acids is 1. The maximum Gasteiger partial charge on any atom is 0.324 e. The van der Waals surface area contributed by atoms with E-state index in [1.54, 1.807) is 4.90 Å². The van der Waals surface area contributed by atoms with Crippen LogP contribution in [-0.4, -0.2) is 34.2 Å². The minimum atomic E-state index is -0.482. The van der Waals surface area contributed by atoms with Gasteiger partial charge in [-0.15, -0.1) is 11.6 Å². The van der Waals surface area contributed by atoms with Crippen molar-refractivity contribution in [2.24, 2.45) is 0 Å². The molecule has 0 aromatic carbocycles. The summed E-state index contributed by atoms with van der Waals surface area (Å²) < 4.78 is 0. The largest absolute Gasteiger partial charge is 0.334 e. The van der Waals surface area contributed by atoms with Gasteiger partial charge in [-0.2, -0.15) is 0 Å². The Bertz CT molecular complexity index is 445. The molecule has 92 valence electrons. The molecule has 2 rings (SSSR count). The highest BCUT2D eigenvalue weighted by atomic mass is 35.5. The van der Waals surface area contributed by atoms with Crippen LogP contribution >= 0.6 is 22.9 Å². The number of nitro groups is 1. The van der Waals surface area contributed by atoms with E-state index in [1.165, 1.54) is 12.1 Å². The van der Waals surface area contributed by atoms with Crippen LogP contribution in [0.3, 0.4) is 0 Å². The number of thiophene rings is 1. The normalized spacial score (nSPS) is 14.6. The Hall–Kier alpha value is -1.14. The standard InChI is InChI=1S/C10H11ClN2O3S/c11-5-6-12(7-1-2-7)10(14)8-3-4-9(17-8)13(15)16/h3-4,7H,1-2,5-6H2. The van der Waals surface area contributed by atoms with Gasteiger partial charge in [0.05, 0.1) is 9.80 Å². The monoisotopic (exact) mass is 274 g/mol. The first-order valence-electron chi connectivity index (χ1n) is 5.24. The fourth-order valence-electron chi connectivity index (χ4n) is 1.61. The van der Waals surface area contributed by atoms with Gasteiger partial charge in [-0.05, 0) is 18.9 Å². The van der Waals surface area contributed by atoms with Crippen LogP contribution in [0.2, 0.25) is 0 Å². The second-order valence-corrected chi connectivity index (χ2v) is 5.25. The molecule has 0 radical (unpaired) electrons. The third-order valence-corrected chi connectivity index (χ3v) is 3.75. The first kappa shape index (κ1) is 12.3. The molecule has 1 aromatic heterocycles. The number of halogens is 1. The van der Waals surface area contributed by atoms with E-state index in [1.807, 2.05) is 0 Å². The molecule has 0 atom stereocenters. The molecule has 1 heterocycles. The Labute approximate surface area is 107 Å². The first-order chi connectivity index (χ1) is 8.13. The second kappa shape index (κ2) is 5.01. The van der Waals surface area contributed by atoms with Crippen molar-refractivity contribution in [3.05, 3.63) is 27.1 Å². The van der Waals surface area contributed by atoms with Crippen molar-refractivity contribution in [1.29, 1.82) is 0 Å². The maximum atomic E-state index is 12.1. The number of nitrogens with zero attached hydrogens (tertiary/aromatic N) is 2. The summed E-state index contributed by atoms with van der Waals surface area (Å²) in [4.78, 5) is 24.3. The Morgan fingerprint density at radius 1 is 1.59 bits per heavy atom. The minimum absolute atomic E-state index is 0.00466. The molecular formula is C10H11ClN2O3S. The second-order valence-electron chi connectivity index (χ2n) is 3.81. The summed E-state index contributed by atoms with van der Waals surface area (Å²) >= 11 is 6.57. The molecule has 1 aliphatic rings. The Morgan fingerprint density at radius 3 is 2.76 bits per heavy atom. The van der Waals surface area contributed by atoms with Crippen molar-refractivity contribution in [3.63, 3.8) is 0 Å². The van der Waals surface area contributed by atoms with Crippen LogP contribution in [0.1, 0.15) is 22.5 Å². The molecule has 0 N–H and O–H groups in total. The minimum Gasteiger partial charge on any atom is -0.334 e.